The lowest BCUT2D eigenvalue weighted by Crippen LogP contribution is -1.97. The second-order valence-electron chi connectivity index (χ2n) is 17.9. The van der Waals surface area contributed by atoms with Crippen molar-refractivity contribution in [3.63, 3.8) is 0 Å². The average molecular weight is 919 g/mol. The zero-order valence-electron chi connectivity index (χ0n) is 39.3. The van der Waals surface area contributed by atoms with Crippen LogP contribution in [-0.4, -0.2) is 19.9 Å². The normalized spacial score (nSPS) is 11.1. The minimum atomic E-state index is 0.664. The number of aromatic nitrogens is 4. The Balaban J connectivity index is 0.941. The van der Waals surface area contributed by atoms with E-state index >= 15 is 0 Å². The van der Waals surface area contributed by atoms with Gasteiger partial charge in [-0.15, -0.1) is 0 Å². The molecule has 0 bridgehead atoms. The average Bonchev–Trinajstić information content (AvgIpc) is 3.48. The SMILES string of the molecule is c1ccc(-c2ccc(-c3cc(-c4cccc(-c5cccc(-c6cc(-c7cccc(-c8ccccc8)c7)nc(-c7cccc(-c8ccccc8)c7)n6)c5)c4)nc(-c4cccc(-c5ccccc5)c4)n3)cc2)cc1. The van der Waals surface area contributed by atoms with Gasteiger partial charge in [0.1, 0.15) is 0 Å². The number of nitrogens with zero attached hydrogens (tertiary/aromatic N) is 4. The van der Waals surface area contributed by atoms with Crippen molar-refractivity contribution in [3.05, 3.63) is 279 Å². The zero-order valence-corrected chi connectivity index (χ0v) is 39.3. The van der Waals surface area contributed by atoms with Crippen molar-refractivity contribution in [2.75, 3.05) is 0 Å². The molecule has 338 valence electrons. The standard InChI is InChI=1S/C68H46N4/c1-5-18-47(19-6-1)51-36-38-52(39-37-51)63-45-64(70-67(69-63)61-34-16-27-54(43-61)49-22-9-3-10-23-49)59-32-14-29-56(41-59)57-30-15-33-60(42-57)66-46-65(58-31-13-26-53(40-58)48-20-7-2-8-21-48)71-68(72-66)62-35-17-28-55(44-62)50-24-11-4-12-25-50/h1-46H. The third kappa shape index (κ3) is 9.41. The number of hydrogen-bond donors (Lipinski definition) is 0. The molecule has 12 aromatic rings. The summed E-state index contributed by atoms with van der Waals surface area (Å²) in [7, 11) is 0. The van der Waals surface area contributed by atoms with E-state index in [1.807, 2.05) is 24.3 Å². The quantitative estimate of drug-likeness (QED) is 0.130. The molecule has 2 aromatic heterocycles. The molecule has 0 radical (unpaired) electrons. The molecule has 0 unspecified atom stereocenters. The van der Waals surface area contributed by atoms with Crippen molar-refractivity contribution in [1.29, 1.82) is 0 Å². The molecule has 0 saturated carbocycles. The van der Waals surface area contributed by atoms with Crippen molar-refractivity contribution in [2.24, 2.45) is 0 Å². The molecule has 0 amide bonds. The van der Waals surface area contributed by atoms with Gasteiger partial charge in [0.15, 0.2) is 11.6 Å². The summed E-state index contributed by atoms with van der Waals surface area (Å²) in [6.45, 7) is 0. The molecule has 0 saturated heterocycles. The Bertz CT molecular complexity index is 3730. The van der Waals surface area contributed by atoms with E-state index in [-0.39, 0.29) is 0 Å². The van der Waals surface area contributed by atoms with Gasteiger partial charge in [-0.2, -0.15) is 0 Å². The third-order valence-electron chi connectivity index (χ3n) is 13.1. The van der Waals surface area contributed by atoms with Crippen LogP contribution in [0.2, 0.25) is 0 Å². The van der Waals surface area contributed by atoms with Crippen LogP contribution in [0.15, 0.2) is 279 Å². The number of hydrogen-bond acceptors (Lipinski definition) is 4. The van der Waals surface area contributed by atoms with Crippen molar-refractivity contribution in [2.45, 2.75) is 0 Å². The second-order valence-corrected chi connectivity index (χ2v) is 17.9. The van der Waals surface area contributed by atoms with Gasteiger partial charge < -0.3 is 0 Å². The predicted molar refractivity (Wildman–Crippen MR) is 297 cm³/mol. The van der Waals surface area contributed by atoms with Crippen LogP contribution in [0.25, 0.3) is 123 Å². The van der Waals surface area contributed by atoms with Crippen LogP contribution < -0.4 is 0 Å². The van der Waals surface area contributed by atoms with E-state index in [2.05, 4.69) is 255 Å². The van der Waals surface area contributed by atoms with Gasteiger partial charge in [0, 0.05) is 33.4 Å². The molecule has 0 aliphatic heterocycles. The minimum absolute atomic E-state index is 0.664. The maximum Gasteiger partial charge on any atom is 0.160 e. The molecule has 10 aromatic carbocycles. The summed E-state index contributed by atoms with van der Waals surface area (Å²) in [6.07, 6.45) is 0. The van der Waals surface area contributed by atoms with E-state index in [0.29, 0.717) is 11.6 Å². The van der Waals surface area contributed by atoms with Gasteiger partial charge in [-0.25, -0.2) is 19.9 Å². The molecular formula is C68H46N4. The Morgan fingerprint density at radius 3 is 0.681 bits per heavy atom. The molecular weight excluding hydrogens is 873 g/mol. The summed E-state index contributed by atoms with van der Waals surface area (Å²) in [4.78, 5) is 21.1. The van der Waals surface area contributed by atoms with E-state index < -0.39 is 0 Å². The van der Waals surface area contributed by atoms with E-state index in [9.17, 15) is 0 Å². The summed E-state index contributed by atoms with van der Waals surface area (Å²) >= 11 is 0. The second kappa shape index (κ2) is 19.8. The van der Waals surface area contributed by atoms with Gasteiger partial charge in [0.05, 0.1) is 22.8 Å². The zero-order chi connectivity index (χ0) is 48.1. The Morgan fingerprint density at radius 2 is 0.347 bits per heavy atom. The lowest BCUT2D eigenvalue weighted by atomic mass is 9.97. The van der Waals surface area contributed by atoms with Crippen LogP contribution in [0.3, 0.4) is 0 Å². The minimum Gasteiger partial charge on any atom is -0.228 e. The molecule has 4 heteroatoms. The summed E-state index contributed by atoms with van der Waals surface area (Å²) < 4.78 is 0. The molecule has 0 aliphatic carbocycles. The lowest BCUT2D eigenvalue weighted by molar-refractivity contribution is 1.18. The Kier molecular flexibility index (Phi) is 12.0. The van der Waals surface area contributed by atoms with Crippen LogP contribution in [0.1, 0.15) is 0 Å². The van der Waals surface area contributed by atoms with E-state index in [4.69, 9.17) is 19.9 Å². The van der Waals surface area contributed by atoms with Crippen LogP contribution in [0, 0.1) is 0 Å². The van der Waals surface area contributed by atoms with Crippen LogP contribution in [-0.2, 0) is 0 Å². The van der Waals surface area contributed by atoms with Crippen LogP contribution >= 0.6 is 0 Å². The lowest BCUT2D eigenvalue weighted by Gasteiger charge is -2.13. The molecule has 0 aliphatic rings. The first-order valence-corrected chi connectivity index (χ1v) is 24.3. The molecule has 0 spiro atoms. The molecule has 72 heavy (non-hydrogen) atoms. The molecule has 0 fully saturated rings. The largest absolute Gasteiger partial charge is 0.228 e. The topological polar surface area (TPSA) is 51.6 Å². The smallest absolute Gasteiger partial charge is 0.160 e. The fourth-order valence-electron chi connectivity index (χ4n) is 9.35. The summed E-state index contributed by atoms with van der Waals surface area (Å²) in [5.41, 5.74) is 20.6. The van der Waals surface area contributed by atoms with E-state index in [1.165, 1.54) is 5.56 Å². The van der Waals surface area contributed by atoms with Gasteiger partial charge in [-0.05, 0) is 98.1 Å². The van der Waals surface area contributed by atoms with Gasteiger partial charge in [-0.3, -0.25) is 0 Å². The fourth-order valence-corrected chi connectivity index (χ4v) is 9.35. The highest BCUT2D eigenvalue weighted by atomic mass is 14.9. The molecule has 0 N–H and O–H groups in total. The van der Waals surface area contributed by atoms with Crippen molar-refractivity contribution >= 4 is 0 Å². The molecule has 12 rings (SSSR count). The Hall–Kier alpha value is -9.64. The van der Waals surface area contributed by atoms with E-state index in [0.717, 1.165) is 106 Å². The van der Waals surface area contributed by atoms with Gasteiger partial charge in [0.2, 0.25) is 0 Å². The predicted octanol–water partition coefficient (Wildman–Crippen LogP) is 17.6. The van der Waals surface area contributed by atoms with E-state index in [1.54, 1.807) is 0 Å². The first-order valence-electron chi connectivity index (χ1n) is 24.3. The van der Waals surface area contributed by atoms with Crippen LogP contribution in [0.5, 0.6) is 0 Å². The van der Waals surface area contributed by atoms with Crippen molar-refractivity contribution in [3.8, 4) is 123 Å². The first kappa shape index (κ1) is 43.6. The monoisotopic (exact) mass is 918 g/mol. The first-order chi connectivity index (χ1) is 35.6. The molecule has 4 nitrogen and oxygen atoms in total. The summed E-state index contributed by atoms with van der Waals surface area (Å²) in [5, 5.41) is 0. The van der Waals surface area contributed by atoms with Gasteiger partial charge in [0.25, 0.3) is 0 Å². The van der Waals surface area contributed by atoms with Crippen molar-refractivity contribution in [1.82, 2.24) is 19.9 Å². The fraction of sp³-hybridized carbons (Fsp3) is 0. The van der Waals surface area contributed by atoms with Crippen LogP contribution in [0.4, 0.5) is 0 Å². The maximum atomic E-state index is 5.31. The van der Waals surface area contributed by atoms with Crippen molar-refractivity contribution < 1.29 is 0 Å². The Labute approximate surface area is 420 Å². The maximum absolute atomic E-state index is 5.31. The Morgan fingerprint density at radius 1 is 0.139 bits per heavy atom. The summed E-state index contributed by atoms with van der Waals surface area (Å²) in [5.74, 6) is 1.33. The molecule has 2 heterocycles. The highest BCUT2D eigenvalue weighted by Crippen LogP contribution is 2.36. The number of rotatable bonds is 11. The molecule has 0 atom stereocenters. The number of benzene rings is 10. The third-order valence-corrected chi connectivity index (χ3v) is 13.1. The highest BCUT2D eigenvalue weighted by Gasteiger charge is 2.16. The summed E-state index contributed by atoms with van der Waals surface area (Å²) in [6, 6.07) is 97.7. The highest BCUT2D eigenvalue weighted by molar-refractivity contribution is 5.82. The van der Waals surface area contributed by atoms with Gasteiger partial charge in [-0.1, -0.05) is 237 Å². The van der Waals surface area contributed by atoms with Gasteiger partial charge >= 0.3 is 0 Å².